The molecule has 4 rings (SSSR count). The first-order valence-electron chi connectivity index (χ1n) is 8.07. The van der Waals surface area contributed by atoms with Gasteiger partial charge in [0.1, 0.15) is 5.03 Å². The van der Waals surface area contributed by atoms with Crippen molar-refractivity contribution in [3.8, 4) is 0 Å². The van der Waals surface area contributed by atoms with E-state index in [-0.39, 0.29) is 0 Å². The van der Waals surface area contributed by atoms with Gasteiger partial charge in [0.2, 0.25) is 0 Å². The van der Waals surface area contributed by atoms with E-state index in [4.69, 9.17) is 0 Å². The second-order valence-electron chi connectivity index (χ2n) is 6.16. The predicted octanol–water partition coefficient (Wildman–Crippen LogP) is 4.07. The van der Waals surface area contributed by atoms with E-state index < -0.39 is 0 Å². The van der Waals surface area contributed by atoms with Crippen molar-refractivity contribution < 1.29 is 0 Å². The van der Waals surface area contributed by atoms with Crippen LogP contribution in [0.25, 0.3) is 0 Å². The van der Waals surface area contributed by atoms with Crippen molar-refractivity contribution in [3.05, 3.63) is 5.69 Å². The van der Waals surface area contributed by atoms with Gasteiger partial charge in [-0.25, -0.2) is 0 Å². The summed E-state index contributed by atoms with van der Waals surface area (Å²) in [5.74, 6) is 2.70. The fourth-order valence-corrected chi connectivity index (χ4v) is 5.29. The molecule has 5 heteroatoms. The van der Waals surface area contributed by atoms with Crippen molar-refractivity contribution in [2.75, 3.05) is 12.3 Å². The van der Waals surface area contributed by atoms with Gasteiger partial charge in [-0.3, -0.25) is 0 Å². The van der Waals surface area contributed by atoms with Gasteiger partial charge < -0.3 is 5.32 Å². The molecule has 2 bridgehead atoms. The molecule has 3 fully saturated rings. The first-order chi connectivity index (χ1) is 9.88. The number of thioether (sulfide) groups is 1. The van der Waals surface area contributed by atoms with Gasteiger partial charge in [0, 0.05) is 12.0 Å². The summed E-state index contributed by atoms with van der Waals surface area (Å²) in [5, 5.41) is 4.92. The molecule has 0 radical (unpaired) electrons. The zero-order chi connectivity index (χ0) is 13.8. The average Bonchev–Trinajstić information content (AvgIpc) is 2.96. The SMILES string of the molecule is CCCCCCSc1nsnc1[C@@H]1CC2CCC1NC2. The standard InChI is InChI=1S/C15H25N3S2/c1-2-3-4-5-8-19-15-14(17-20-18-15)12-9-11-6-7-13(12)16-10-11/h11-13,16H,2-10H2,1H3/t11?,12-,13?/m1/s1. The van der Waals surface area contributed by atoms with Gasteiger partial charge in [-0.1, -0.05) is 26.2 Å². The fourth-order valence-electron chi connectivity index (χ4n) is 3.52. The van der Waals surface area contributed by atoms with Crippen molar-refractivity contribution in [1.82, 2.24) is 14.1 Å². The molecular formula is C15H25N3S2. The number of rotatable bonds is 7. The Kier molecular flexibility index (Phi) is 5.35. The normalized spacial score (nSPS) is 28.9. The molecule has 1 aromatic heterocycles. The maximum Gasteiger partial charge on any atom is 0.134 e. The van der Waals surface area contributed by atoms with Crippen LogP contribution < -0.4 is 5.32 Å². The van der Waals surface area contributed by atoms with Gasteiger partial charge in [0.15, 0.2) is 0 Å². The van der Waals surface area contributed by atoms with Crippen LogP contribution in [0.15, 0.2) is 5.03 Å². The van der Waals surface area contributed by atoms with E-state index >= 15 is 0 Å². The second kappa shape index (κ2) is 7.23. The van der Waals surface area contributed by atoms with Gasteiger partial charge in [0.05, 0.1) is 17.4 Å². The quantitative estimate of drug-likeness (QED) is 0.608. The van der Waals surface area contributed by atoms with Crippen LogP contribution in [0.3, 0.4) is 0 Å². The van der Waals surface area contributed by atoms with Crippen LogP contribution in [0.4, 0.5) is 0 Å². The smallest absolute Gasteiger partial charge is 0.134 e. The van der Waals surface area contributed by atoms with Crippen LogP contribution in [0.1, 0.15) is 63.5 Å². The second-order valence-corrected chi connectivity index (χ2v) is 7.78. The minimum Gasteiger partial charge on any atom is -0.313 e. The highest BCUT2D eigenvalue weighted by atomic mass is 32.2. The summed E-state index contributed by atoms with van der Waals surface area (Å²) in [6.45, 7) is 3.49. The van der Waals surface area contributed by atoms with Crippen LogP contribution in [-0.4, -0.2) is 27.1 Å². The topological polar surface area (TPSA) is 37.8 Å². The maximum atomic E-state index is 4.64. The number of fused-ring (bicyclic) bond motifs is 3. The molecule has 1 aliphatic carbocycles. The Bertz CT molecular complexity index is 413. The predicted molar refractivity (Wildman–Crippen MR) is 86.6 cm³/mol. The molecular weight excluding hydrogens is 286 g/mol. The number of hydrogen-bond acceptors (Lipinski definition) is 5. The summed E-state index contributed by atoms with van der Waals surface area (Å²) in [6.07, 6.45) is 9.39. The van der Waals surface area contributed by atoms with Crippen LogP contribution in [0.2, 0.25) is 0 Å². The van der Waals surface area contributed by atoms with Crippen LogP contribution in [0.5, 0.6) is 0 Å². The van der Waals surface area contributed by atoms with E-state index in [1.54, 1.807) is 0 Å². The zero-order valence-electron chi connectivity index (χ0n) is 12.3. The highest BCUT2D eigenvalue weighted by molar-refractivity contribution is 7.99. The lowest BCUT2D eigenvalue weighted by Crippen LogP contribution is -2.49. The summed E-state index contributed by atoms with van der Waals surface area (Å²) in [7, 11) is 0. The molecule has 2 unspecified atom stereocenters. The van der Waals surface area contributed by atoms with Gasteiger partial charge in [-0.2, -0.15) is 8.75 Å². The Morgan fingerprint density at radius 2 is 2.20 bits per heavy atom. The number of hydrogen-bond donors (Lipinski definition) is 1. The first-order valence-corrected chi connectivity index (χ1v) is 9.78. The molecule has 2 aliphatic heterocycles. The van der Waals surface area contributed by atoms with Crippen LogP contribution in [0, 0.1) is 5.92 Å². The Morgan fingerprint density at radius 3 is 2.90 bits per heavy atom. The van der Waals surface area contributed by atoms with E-state index in [2.05, 4.69) is 21.0 Å². The van der Waals surface area contributed by atoms with E-state index in [0.717, 1.165) is 5.92 Å². The Balaban J connectivity index is 1.56. The van der Waals surface area contributed by atoms with Gasteiger partial charge in [-0.15, -0.1) is 11.8 Å². The Morgan fingerprint density at radius 1 is 1.25 bits per heavy atom. The molecule has 3 nitrogen and oxygen atoms in total. The third kappa shape index (κ3) is 3.37. The number of nitrogens with zero attached hydrogens (tertiary/aromatic N) is 2. The van der Waals surface area contributed by atoms with Crippen molar-refractivity contribution in [1.29, 1.82) is 0 Å². The molecule has 3 aliphatic rings. The summed E-state index contributed by atoms with van der Waals surface area (Å²) in [6, 6.07) is 0.656. The lowest BCUT2D eigenvalue weighted by Gasteiger charge is -2.42. The van der Waals surface area contributed by atoms with E-state index in [1.807, 2.05) is 11.8 Å². The molecule has 0 aromatic carbocycles. The first kappa shape index (κ1) is 14.8. The monoisotopic (exact) mass is 311 g/mol. The van der Waals surface area contributed by atoms with Crippen molar-refractivity contribution in [2.45, 2.75) is 68.9 Å². The fraction of sp³-hybridized carbons (Fsp3) is 0.867. The number of unbranched alkanes of at least 4 members (excludes halogenated alkanes) is 3. The average molecular weight is 312 g/mol. The number of piperidine rings is 2. The van der Waals surface area contributed by atoms with E-state index in [9.17, 15) is 0 Å². The van der Waals surface area contributed by atoms with E-state index in [1.165, 1.54) is 79.7 Å². The molecule has 20 heavy (non-hydrogen) atoms. The molecule has 0 spiro atoms. The molecule has 3 heterocycles. The molecule has 2 saturated heterocycles. The maximum absolute atomic E-state index is 4.64. The van der Waals surface area contributed by atoms with E-state index in [0.29, 0.717) is 12.0 Å². The highest BCUT2D eigenvalue weighted by Gasteiger charge is 2.38. The van der Waals surface area contributed by atoms with Gasteiger partial charge in [0.25, 0.3) is 0 Å². The molecule has 1 aromatic rings. The molecule has 0 amide bonds. The molecule has 1 saturated carbocycles. The molecule has 112 valence electrons. The van der Waals surface area contributed by atoms with Gasteiger partial charge in [-0.05, 0) is 43.9 Å². The minimum atomic E-state index is 0.624. The van der Waals surface area contributed by atoms with Crippen LogP contribution >= 0.6 is 23.5 Å². The van der Waals surface area contributed by atoms with Crippen LogP contribution in [-0.2, 0) is 0 Å². The summed E-state index contributed by atoms with van der Waals surface area (Å²) in [4.78, 5) is 0. The molecule has 3 atom stereocenters. The zero-order valence-corrected chi connectivity index (χ0v) is 13.9. The summed E-state index contributed by atoms with van der Waals surface area (Å²) >= 11 is 3.34. The summed E-state index contributed by atoms with van der Waals surface area (Å²) < 4.78 is 9.20. The van der Waals surface area contributed by atoms with Crippen molar-refractivity contribution >= 4 is 23.5 Å². The third-order valence-corrected chi connectivity index (χ3v) is 6.42. The Labute approximate surface area is 130 Å². The number of aromatic nitrogens is 2. The lowest BCUT2D eigenvalue weighted by atomic mass is 9.73. The van der Waals surface area contributed by atoms with Crippen molar-refractivity contribution in [2.24, 2.45) is 5.92 Å². The lowest BCUT2D eigenvalue weighted by molar-refractivity contribution is 0.179. The van der Waals surface area contributed by atoms with Crippen molar-refractivity contribution in [3.63, 3.8) is 0 Å². The molecule has 1 N–H and O–H groups in total. The van der Waals surface area contributed by atoms with Gasteiger partial charge >= 0.3 is 0 Å². The Hall–Kier alpha value is -0.130. The minimum absolute atomic E-state index is 0.624. The number of nitrogens with one attached hydrogen (secondary N) is 1. The summed E-state index contributed by atoms with van der Waals surface area (Å²) in [5.41, 5.74) is 1.30. The highest BCUT2D eigenvalue weighted by Crippen LogP contribution is 2.42. The third-order valence-electron chi connectivity index (χ3n) is 4.70. The largest absolute Gasteiger partial charge is 0.313 e.